The van der Waals surface area contributed by atoms with E-state index in [1.807, 2.05) is 13.8 Å². The fourth-order valence-corrected chi connectivity index (χ4v) is 1.19. The molecular formula is C9H10FN3O. The molecule has 0 saturated carbocycles. The Morgan fingerprint density at radius 3 is 2.57 bits per heavy atom. The zero-order chi connectivity index (χ0) is 10.1. The van der Waals surface area contributed by atoms with Crippen molar-refractivity contribution in [2.24, 2.45) is 0 Å². The number of aromatic nitrogens is 3. The van der Waals surface area contributed by atoms with E-state index in [0.29, 0.717) is 11.0 Å². The Bertz CT molecular complexity index is 452. The molecule has 0 unspecified atom stereocenters. The van der Waals surface area contributed by atoms with Gasteiger partial charge in [-0.2, -0.15) is 15.4 Å². The number of hydrogen-bond donors (Lipinski definition) is 1. The Labute approximate surface area is 80.1 Å². The lowest BCUT2D eigenvalue weighted by atomic mass is 10.3. The fraction of sp³-hybridized carbons (Fsp3) is 0.333. The van der Waals surface area contributed by atoms with Crippen molar-refractivity contribution >= 4 is 11.0 Å². The molecule has 0 atom stereocenters. The zero-order valence-electron chi connectivity index (χ0n) is 7.91. The molecule has 74 valence electrons. The Morgan fingerprint density at radius 1 is 1.29 bits per heavy atom. The van der Waals surface area contributed by atoms with Gasteiger partial charge in [0.15, 0.2) is 11.6 Å². The van der Waals surface area contributed by atoms with Crippen molar-refractivity contribution in [3.8, 4) is 5.75 Å². The highest BCUT2D eigenvalue weighted by molar-refractivity contribution is 5.75. The number of nitrogens with one attached hydrogen (secondary N) is 1. The molecule has 0 bridgehead atoms. The van der Waals surface area contributed by atoms with Crippen molar-refractivity contribution in [3.05, 3.63) is 17.9 Å². The maximum Gasteiger partial charge on any atom is 0.167 e. The van der Waals surface area contributed by atoms with Gasteiger partial charge in [-0.3, -0.25) is 0 Å². The molecule has 4 nitrogen and oxygen atoms in total. The quantitative estimate of drug-likeness (QED) is 0.796. The van der Waals surface area contributed by atoms with Crippen LogP contribution in [0.4, 0.5) is 4.39 Å². The van der Waals surface area contributed by atoms with E-state index in [4.69, 9.17) is 4.74 Å². The van der Waals surface area contributed by atoms with Crippen molar-refractivity contribution < 1.29 is 9.13 Å². The first kappa shape index (κ1) is 8.93. The van der Waals surface area contributed by atoms with E-state index in [2.05, 4.69) is 15.4 Å². The molecular weight excluding hydrogens is 185 g/mol. The molecule has 0 amide bonds. The molecule has 0 spiro atoms. The third-order valence-corrected chi connectivity index (χ3v) is 1.73. The van der Waals surface area contributed by atoms with E-state index in [1.165, 1.54) is 12.1 Å². The number of H-pyrrole nitrogens is 1. The van der Waals surface area contributed by atoms with E-state index in [9.17, 15) is 4.39 Å². The standard InChI is InChI=1S/C9H10FN3O/c1-5(2)14-9-4-8-7(3-6(9)10)11-13-12-8/h3-5H,1-2H3,(H,11,12,13). The molecule has 1 N–H and O–H groups in total. The number of halogens is 1. The lowest BCUT2D eigenvalue weighted by Gasteiger charge is -2.09. The first-order chi connectivity index (χ1) is 6.66. The fourth-order valence-electron chi connectivity index (χ4n) is 1.19. The molecule has 0 aliphatic heterocycles. The maximum absolute atomic E-state index is 13.4. The van der Waals surface area contributed by atoms with Crippen molar-refractivity contribution in [1.82, 2.24) is 15.4 Å². The van der Waals surface area contributed by atoms with E-state index in [-0.39, 0.29) is 11.9 Å². The number of ether oxygens (including phenoxy) is 1. The second-order valence-electron chi connectivity index (χ2n) is 3.26. The molecule has 5 heteroatoms. The van der Waals surface area contributed by atoms with Crippen molar-refractivity contribution in [3.63, 3.8) is 0 Å². The first-order valence-corrected chi connectivity index (χ1v) is 4.33. The van der Waals surface area contributed by atoms with Crippen LogP contribution in [0.2, 0.25) is 0 Å². The Balaban J connectivity index is 2.48. The summed E-state index contributed by atoms with van der Waals surface area (Å²) in [5, 5.41) is 10.0. The van der Waals surface area contributed by atoms with Gasteiger partial charge in [-0.1, -0.05) is 0 Å². The predicted molar refractivity (Wildman–Crippen MR) is 49.6 cm³/mol. The van der Waals surface area contributed by atoms with Crippen LogP contribution >= 0.6 is 0 Å². The van der Waals surface area contributed by atoms with Gasteiger partial charge in [-0.25, -0.2) is 4.39 Å². The van der Waals surface area contributed by atoms with Gasteiger partial charge >= 0.3 is 0 Å². The number of fused-ring (bicyclic) bond motifs is 1. The molecule has 14 heavy (non-hydrogen) atoms. The second kappa shape index (κ2) is 3.25. The summed E-state index contributed by atoms with van der Waals surface area (Å²) in [6.07, 6.45) is -0.0612. The minimum atomic E-state index is -0.417. The van der Waals surface area contributed by atoms with Crippen LogP contribution in [0.1, 0.15) is 13.8 Å². The maximum atomic E-state index is 13.4. The zero-order valence-corrected chi connectivity index (χ0v) is 7.91. The van der Waals surface area contributed by atoms with E-state index in [1.54, 1.807) is 0 Å². The molecule has 0 saturated heterocycles. The van der Waals surface area contributed by atoms with Crippen molar-refractivity contribution in [1.29, 1.82) is 0 Å². The molecule has 0 aliphatic carbocycles. The molecule has 0 aliphatic rings. The summed E-state index contributed by atoms with van der Waals surface area (Å²) in [7, 11) is 0. The molecule has 2 aromatic rings. The first-order valence-electron chi connectivity index (χ1n) is 4.33. The summed E-state index contributed by atoms with van der Waals surface area (Å²) in [5.41, 5.74) is 1.10. The van der Waals surface area contributed by atoms with Crippen molar-refractivity contribution in [2.75, 3.05) is 0 Å². The average Bonchev–Trinajstić information content (AvgIpc) is 2.51. The van der Waals surface area contributed by atoms with Crippen LogP contribution in [0.25, 0.3) is 11.0 Å². The average molecular weight is 195 g/mol. The van der Waals surface area contributed by atoms with Gasteiger partial charge < -0.3 is 4.74 Å². The third-order valence-electron chi connectivity index (χ3n) is 1.73. The minimum absolute atomic E-state index is 0.0612. The highest BCUT2D eigenvalue weighted by Crippen LogP contribution is 2.22. The van der Waals surface area contributed by atoms with Gasteiger partial charge in [0.1, 0.15) is 11.0 Å². The molecule has 2 rings (SSSR count). The van der Waals surface area contributed by atoms with E-state index < -0.39 is 5.82 Å². The molecule has 1 aromatic carbocycles. The van der Waals surface area contributed by atoms with Crippen LogP contribution in [0, 0.1) is 5.82 Å². The normalized spacial score (nSPS) is 11.1. The third kappa shape index (κ3) is 1.53. The van der Waals surface area contributed by atoms with Crippen LogP contribution < -0.4 is 4.74 Å². The van der Waals surface area contributed by atoms with Crippen LogP contribution in [0.5, 0.6) is 5.75 Å². The lowest BCUT2D eigenvalue weighted by molar-refractivity contribution is 0.231. The smallest absolute Gasteiger partial charge is 0.167 e. The Morgan fingerprint density at radius 2 is 1.93 bits per heavy atom. The summed E-state index contributed by atoms with van der Waals surface area (Å²) >= 11 is 0. The SMILES string of the molecule is CC(C)Oc1cc2n[nH]nc2cc1F. The topological polar surface area (TPSA) is 50.8 Å². The van der Waals surface area contributed by atoms with Gasteiger partial charge in [-0.05, 0) is 13.8 Å². The Kier molecular flexibility index (Phi) is 2.07. The molecule has 0 fully saturated rings. The summed E-state index contributed by atoms with van der Waals surface area (Å²) in [4.78, 5) is 0. The summed E-state index contributed by atoms with van der Waals surface area (Å²) < 4.78 is 18.6. The van der Waals surface area contributed by atoms with Gasteiger partial charge in [-0.15, -0.1) is 0 Å². The number of rotatable bonds is 2. The highest BCUT2D eigenvalue weighted by Gasteiger charge is 2.09. The summed E-state index contributed by atoms with van der Waals surface area (Å²) in [5.74, 6) is -0.207. The van der Waals surface area contributed by atoms with Gasteiger partial charge in [0.2, 0.25) is 0 Å². The second-order valence-corrected chi connectivity index (χ2v) is 3.26. The van der Waals surface area contributed by atoms with E-state index >= 15 is 0 Å². The number of nitrogens with zero attached hydrogens (tertiary/aromatic N) is 2. The van der Waals surface area contributed by atoms with Gasteiger partial charge in [0.25, 0.3) is 0 Å². The Hall–Kier alpha value is -1.65. The molecule has 0 radical (unpaired) electrons. The molecule has 1 heterocycles. The van der Waals surface area contributed by atoms with Crippen LogP contribution in [-0.4, -0.2) is 21.5 Å². The summed E-state index contributed by atoms with van der Waals surface area (Å²) in [6.45, 7) is 3.68. The van der Waals surface area contributed by atoms with Crippen LogP contribution in [0.15, 0.2) is 12.1 Å². The van der Waals surface area contributed by atoms with Gasteiger partial charge in [0.05, 0.1) is 6.10 Å². The predicted octanol–water partition coefficient (Wildman–Crippen LogP) is 1.88. The van der Waals surface area contributed by atoms with Crippen LogP contribution in [-0.2, 0) is 0 Å². The molecule has 1 aromatic heterocycles. The number of hydrogen-bond acceptors (Lipinski definition) is 3. The number of benzene rings is 1. The summed E-state index contributed by atoms with van der Waals surface area (Å²) in [6, 6.07) is 2.84. The van der Waals surface area contributed by atoms with E-state index in [0.717, 1.165) is 0 Å². The number of aromatic amines is 1. The van der Waals surface area contributed by atoms with Gasteiger partial charge in [0, 0.05) is 12.1 Å². The highest BCUT2D eigenvalue weighted by atomic mass is 19.1. The minimum Gasteiger partial charge on any atom is -0.488 e. The van der Waals surface area contributed by atoms with Crippen LogP contribution in [0.3, 0.4) is 0 Å². The lowest BCUT2D eigenvalue weighted by Crippen LogP contribution is -2.06. The largest absolute Gasteiger partial charge is 0.488 e. The monoisotopic (exact) mass is 195 g/mol. The van der Waals surface area contributed by atoms with Crippen molar-refractivity contribution in [2.45, 2.75) is 20.0 Å².